The average Bonchev–Trinajstić information content (AvgIpc) is 3.34. The Morgan fingerprint density at radius 1 is 0.814 bits per heavy atom. The van der Waals surface area contributed by atoms with Crippen LogP contribution in [0.2, 0.25) is 0 Å². The molecule has 0 bridgehead atoms. The van der Waals surface area contributed by atoms with Crippen LogP contribution in [-0.4, -0.2) is 34.6 Å². The van der Waals surface area contributed by atoms with Crippen molar-refractivity contribution in [2.45, 2.75) is 79.2 Å². The Morgan fingerprint density at radius 3 is 2.14 bits per heavy atom. The molecule has 7 nitrogen and oxygen atoms in total. The lowest BCUT2D eigenvalue weighted by atomic mass is 9.99. The Kier molecular flexibility index (Phi) is 11.3. The van der Waals surface area contributed by atoms with E-state index in [1.54, 1.807) is 6.92 Å². The van der Waals surface area contributed by atoms with Crippen LogP contribution in [0.3, 0.4) is 0 Å². The van der Waals surface area contributed by atoms with E-state index in [4.69, 9.17) is 9.57 Å². The lowest BCUT2D eigenvalue weighted by molar-refractivity contribution is -0.145. The van der Waals surface area contributed by atoms with Gasteiger partial charge in [0.05, 0.1) is 18.7 Å². The summed E-state index contributed by atoms with van der Waals surface area (Å²) in [7, 11) is 0. The van der Waals surface area contributed by atoms with E-state index in [1.807, 2.05) is 66.7 Å². The van der Waals surface area contributed by atoms with Gasteiger partial charge in [0.2, 0.25) is 0 Å². The van der Waals surface area contributed by atoms with Crippen molar-refractivity contribution < 1.29 is 24.0 Å². The van der Waals surface area contributed by atoms with Gasteiger partial charge < -0.3 is 14.1 Å². The minimum atomic E-state index is -0.491. The minimum Gasteiger partial charge on any atom is -0.465 e. The number of carbonyl (C=O) groups excluding carboxylic acids is 3. The fraction of sp³-hybridized carbons (Fsp3) is 0.389. The highest BCUT2D eigenvalue weighted by Crippen LogP contribution is 2.32. The van der Waals surface area contributed by atoms with Gasteiger partial charge >= 0.3 is 11.9 Å². The molecule has 1 atom stereocenters. The molecule has 0 radical (unpaired) electrons. The summed E-state index contributed by atoms with van der Waals surface area (Å²) in [5.41, 5.74) is 4.39. The zero-order valence-electron chi connectivity index (χ0n) is 25.7. The maximum absolute atomic E-state index is 13.3. The van der Waals surface area contributed by atoms with Crippen LogP contribution in [0, 0.1) is 5.92 Å². The van der Waals surface area contributed by atoms with Gasteiger partial charge in [-0.05, 0) is 55.2 Å². The Balaban J connectivity index is 1.61. The first-order chi connectivity index (χ1) is 20.8. The third-order valence-electron chi connectivity index (χ3n) is 7.95. The summed E-state index contributed by atoms with van der Waals surface area (Å²) in [6, 6.07) is 20.8. The number of oxime groups is 1. The van der Waals surface area contributed by atoms with E-state index < -0.39 is 5.97 Å². The highest BCUT2D eigenvalue weighted by Gasteiger charge is 2.17. The minimum absolute atomic E-state index is 0.0593. The second kappa shape index (κ2) is 15.3. The summed E-state index contributed by atoms with van der Waals surface area (Å²) < 4.78 is 7.82. The fourth-order valence-electron chi connectivity index (χ4n) is 5.40. The van der Waals surface area contributed by atoms with Crippen molar-refractivity contribution in [3.63, 3.8) is 0 Å². The lowest BCUT2D eigenvalue weighted by Gasteiger charge is -2.15. The average molecular weight is 583 g/mol. The summed E-state index contributed by atoms with van der Waals surface area (Å²) in [5, 5.41) is 5.76. The topological polar surface area (TPSA) is 87.0 Å². The fourth-order valence-corrected chi connectivity index (χ4v) is 5.40. The zero-order chi connectivity index (χ0) is 30.8. The second-order valence-corrected chi connectivity index (χ2v) is 11.1. The molecule has 7 heteroatoms. The van der Waals surface area contributed by atoms with Crippen molar-refractivity contribution in [3.8, 4) is 0 Å². The standard InChI is InChI=1S/C36H42N2O5/c1-5-7-8-10-13-27(6-2)24-42-35(40)20-21-38-33-18-16-29(25(3)37-43-26(4)39)22-31(33)32-23-30(17-19-34(32)38)36(41)28-14-11-9-12-15-28/h9,11-12,14-19,22-23,27H,5-8,10,13,20-21,24H2,1-4H3/b37-25-. The number of hydrogen-bond acceptors (Lipinski definition) is 6. The van der Waals surface area contributed by atoms with E-state index in [9.17, 15) is 14.4 Å². The van der Waals surface area contributed by atoms with Crippen LogP contribution in [0.1, 0.15) is 94.1 Å². The molecular weight excluding hydrogens is 540 g/mol. The Bertz CT molecular complexity index is 1600. The molecule has 43 heavy (non-hydrogen) atoms. The van der Waals surface area contributed by atoms with E-state index in [2.05, 4.69) is 23.6 Å². The molecule has 4 aromatic rings. The third-order valence-corrected chi connectivity index (χ3v) is 7.95. The molecule has 1 heterocycles. The van der Waals surface area contributed by atoms with Crippen LogP contribution >= 0.6 is 0 Å². The van der Waals surface area contributed by atoms with Crippen LogP contribution < -0.4 is 0 Å². The van der Waals surface area contributed by atoms with Crippen molar-refractivity contribution in [2.75, 3.05) is 6.61 Å². The van der Waals surface area contributed by atoms with Gasteiger partial charge in [0.1, 0.15) is 0 Å². The third kappa shape index (κ3) is 8.19. The number of benzene rings is 3. The zero-order valence-corrected chi connectivity index (χ0v) is 25.7. The number of ether oxygens (including phenoxy) is 1. The number of esters is 1. The Labute approximate surface area is 253 Å². The maximum Gasteiger partial charge on any atom is 0.331 e. The number of ketones is 1. The van der Waals surface area contributed by atoms with Crippen LogP contribution in [0.4, 0.5) is 0 Å². The SMILES string of the molecule is CCCCCCC(CC)COC(=O)CCn1c2ccc(C(=O)c3ccccc3)cc2c2cc(/C(C)=N\OC(C)=O)ccc21. The molecule has 0 fully saturated rings. The quantitative estimate of drug-likeness (QED) is 0.0352. The summed E-state index contributed by atoms with van der Waals surface area (Å²) >= 11 is 0. The van der Waals surface area contributed by atoms with Gasteiger partial charge in [-0.3, -0.25) is 9.59 Å². The van der Waals surface area contributed by atoms with Crippen molar-refractivity contribution in [1.82, 2.24) is 4.57 Å². The highest BCUT2D eigenvalue weighted by atomic mass is 16.7. The maximum atomic E-state index is 13.3. The van der Waals surface area contributed by atoms with Crippen molar-refractivity contribution in [2.24, 2.45) is 11.1 Å². The summed E-state index contributed by atoms with van der Waals surface area (Å²) in [6.45, 7) is 8.35. The normalized spacial score (nSPS) is 12.4. The Morgan fingerprint density at radius 2 is 1.49 bits per heavy atom. The highest BCUT2D eigenvalue weighted by molar-refractivity contribution is 6.16. The number of unbranched alkanes of at least 4 members (excludes halogenated alkanes) is 3. The summed E-state index contributed by atoms with van der Waals surface area (Å²) in [4.78, 5) is 42.3. The molecule has 0 amide bonds. The molecule has 4 rings (SSSR count). The van der Waals surface area contributed by atoms with E-state index in [-0.39, 0.29) is 18.2 Å². The molecule has 0 aliphatic carbocycles. The largest absolute Gasteiger partial charge is 0.465 e. The van der Waals surface area contributed by atoms with Crippen LogP contribution in [0.5, 0.6) is 0 Å². The number of aromatic nitrogens is 1. The number of hydrogen-bond donors (Lipinski definition) is 0. The van der Waals surface area contributed by atoms with Gasteiger partial charge in [-0.25, -0.2) is 4.79 Å². The molecule has 0 spiro atoms. The summed E-state index contributed by atoms with van der Waals surface area (Å²) in [5.74, 6) is -0.366. The van der Waals surface area contributed by atoms with Crippen molar-refractivity contribution >= 4 is 45.2 Å². The Hall–Kier alpha value is -4.26. The monoisotopic (exact) mass is 582 g/mol. The molecule has 0 aliphatic rings. The molecular formula is C36H42N2O5. The second-order valence-electron chi connectivity index (χ2n) is 11.1. The first kappa shape index (κ1) is 31.7. The van der Waals surface area contributed by atoms with Gasteiger partial charge in [0, 0.05) is 46.4 Å². The molecule has 0 aliphatic heterocycles. The molecule has 0 saturated carbocycles. The van der Waals surface area contributed by atoms with Gasteiger partial charge in [-0.2, -0.15) is 0 Å². The predicted molar refractivity (Wildman–Crippen MR) is 171 cm³/mol. The predicted octanol–water partition coefficient (Wildman–Crippen LogP) is 8.24. The number of rotatable bonds is 15. The van der Waals surface area contributed by atoms with Crippen LogP contribution in [-0.2, 0) is 25.7 Å². The molecule has 0 N–H and O–H groups in total. The first-order valence-electron chi connectivity index (χ1n) is 15.4. The van der Waals surface area contributed by atoms with Gasteiger partial charge in [-0.1, -0.05) is 87.5 Å². The number of carbonyl (C=O) groups is 3. The van der Waals surface area contributed by atoms with Crippen molar-refractivity contribution in [1.29, 1.82) is 0 Å². The van der Waals surface area contributed by atoms with E-state index in [1.165, 1.54) is 32.6 Å². The lowest BCUT2D eigenvalue weighted by Crippen LogP contribution is -2.15. The van der Waals surface area contributed by atoms with Crippen LogP contribution in [0.15, 0.2) is 71.9 Å². The molecule has 3 aromatic carbocycles. The molecule has 1 unspecified atom stereocenters. The van der Waals surface area contributed by atoms with E-state index in [0.29, 0.717) is 35.9 Å². The number of aryl methyl sites for hydroxylation is 1. The van der Waals surface area contributed by atoms with Crippen molar-refractivity contribution in [3.05, 3.63) is 83.4 Å². The number of fused-ring (bicyclic) bond motifs is 3. The smallest absolute Gasteiger partial charge is 0.331 e. The van der Waals surface area contributed by atoms with E-state index in [0.717, 1.165) is 40.2 Å². The molecule has 1 aromatic heterocycles. The van der Waals surface area contributed by atoms with Gasteiger partial charge in [0.15, 0.2) is 5.78 Å². The number of nitrogens with zero attached hydrogens (tertiary/aromatic N) is 2. The van der Waals surface area contributed by atoms with Crippen LogP contribution in [0.25, 0.3) is 21.8 Å². The van der Waals surface area contributed by atoms with E-state index >= 15 is 0 Å². The summed E-state index contributed by atoms with van der Waals surface area (Å²) in [6.07, 6.45) is 7.18. The first-order valence-corrected chi connectivity index (χ1v) is 15.4. The molecule has 226 valence electrons. The van der Waals surface area contributed by atoms with Gasteiger partial charge in [0.25, 0.3) is 0 Å². The molecule has 0 saturated heterocycles. The van der Waals surface area contributed by atoms with Gasteiger partial charge in [-0.15, -0.1) is 0 Å².